The predicted molar refractivity (Wildman–Crippen MR) is 123 cm³/mol. The van der Waals surface area contributed by atoms with Crippen molar-refractivity contribution in [2.45, 2.75) is 13.8 Å². The van der Waals surface area contributed by atoms with E-state index in [-0.39, 0.29) is 11.3 Å². The molecule has 1 aliphatic heterocycles. The molecule has 4 rings (SSSR count). The molecule has 0 aliphatic carbocycles. The Morgan fingerprint density at radius 3 is 2.32 bits per heavy atom. The number of para-hydroxylation sites is 2. The van der Waals surface area contributed by atoms with Crippen LogP contribution in [0.2, 0.25) is 5.02 Å². The fraction of sp³-hybridized carbons (Fsp3) is 0.120. The van der Waals surface area contributed by atoms with Crippen LogP contribution >= 0.6 is 11.6 Å². The van der Waals surface area contributed by atoms with Gasteiger partial charge in [0.2, 0.25) is 0 Å². The summed E-state index contributed by atoms with van der Waals surface area (Å²) in [7, 11) is 1.55. The van der Waals surface area contributed by atoms with Gasteiger partial charge in [-0.3, -0.25) is 9.59 Å². The molecule has 3 aromatic rings. The van der Waals surface area contributed by atoms with Gasteiger partial charge in [0.05, 0.1) is 24.1 Å². The van der Waals surface area contributed by atoms with E-state index in [4.69, 9.17) is 16.3 Å². The van der Waals surface area contributed by atoms with E-state index < -0.39 is 11.8 Å². The molecule has 6 heteroatoms. The van der Waals surface area contributed by atoms with Crippen molar-refractivity contribution < 1.29 is 14.3 Å². The maximum Gasteiger partial charge on any atom is 0.282 e. The van der Waals surface area contributed by atoms with E-state index in [1.807, 2.05) is 44.2 Å². The normalized spacial score (nSPS) is 13.7. The third kappa shape index (κ3) is 3.80. The standard InChI is InChI=1S/C25H21ClN2O3/c1-15-8-9-16(2)20(14-15)28-24(29)22(17-10-12-18(26)13-11-17)23(25(28)30)27-19-6-4-5-7-21(19)31-3/h4-14,27H,1-3H3. The van der Waals surface area contributed by atoms with Gasteiger partial charge in [-0.25, -0.2) is 4.90 Å². The molecule has 1 heterocycles. The molecular weight excluding hydrogens is 412 g/mol. The Balaban J connectivity index is 1.87. The number of anilines is 2. The molecule has 0 spiro atoms. The average Bonchev–Trinajstić information content (AvgIpc) is 3.00. The number of hydrogen-bond donors (Lipinski definition) is 1. The fourth-order valence-electron chi connectivity index (χ4n) is 3.59. The number of benzene rings is 3. The summed E-state index contributed by atoms with van der Waals surface area (Å²) < 4.78 is 5.41. The van der Waals surface area contributed by atoms with Crippen molar-refractivity contribution in [2.75, 3.05) is 17.3 Å². The van der Waals surface area contributed by atoms with Gasteiger partial charge < -0.3 is 10.1 Å². The lowest BCUT2D eigenvalue weighted by atomic mass is 10.0. The molecule has 3 aromatic carbocycles. The molecule has 0 aromatic heterocycles. The summed E-state index contributed by atoms with van der Waals surface area (Å²) in [5, 5.41) is 3.70. The number of ether oxygens (including phenoxy) is 1. The summed E-state index contributed by atoms with van der Waals surface area (Å²) in [6.07, 6.45) is 0. The van der Waals surface area contributed by atoms with Gasteiger partial charge >= 0.3 is 0 Å². The molecule has 0 saturated carbocycles. The van der Waals surface area contributed by atoms with Crippen LogP contribution in [0.3, 0.4) is 0 Å². The van der Waals surface area contributed by atoms with Crippen LogP contribution in [-0.2, 0) is 9.59 Å². The molecule has 1 N–H and O–H groups in total. The number of imide groups is 1. The first-order valence-electron chi connectivity index (χ1n) is 9.77. The van der Waals surface area contributed by atoms with E-state index in [0.717, 1.165) is 11.1 Å². The van der Waals surface area contributed by atoms with Gasteiger partial charge in [-0.05, 0) is 60.9 Å². The number of hydrogen-bond acceptors (Lipinski definition) is 4. The first-order chi connectivity index (χ1) is 14.9. The second kappa shape index (κ2) is 8.28. The Kier molecular flexibility index (Phi) is 5.53. The number of aryl methyl sites for hydroxylation is 2. The number of carbonyl (C=O) groups excluding carboxylic acids is 2. The van der Waals surface area contributed by atoms with Crippen molar-refractivity contribution in [2.24, 2.45) is 0 Å². The summed E-state index contributed by atoms with van der Waals surface area (Å²) in [5.74, 6) is -0.246. The molecule has 1 aliphatic rings. The van der Waals surface area contributed by atoms with Gasteiger partial charge in [0, 0.05) is 5.02 Å². The number of amides is 2. The minimum atomic E-state index is -0.422. The molecule has 5 nitrogen and oxygen atoms in total. The lowest BCUT2D eigenvalue weighted by molar-refractivity contribution is -0.120. The van der Waals surface area contributed by atoms with Crippen LogP contribution in [0.25, 0.3) is 5.57 Å². The summed E-state index contributed by atoms with van der Waals surface area (Å²) in [6, 6.07) is 19.8. The highest BCUT2D eigenvalue weighted by Crippen LogP contribution is 2.37. The van der Waals surface area contributed by atoms with Crippen LogP contribution < -0.4 is 15.0 Å². The smallest absolute Gasteiger partial charge is 0.282 e. The van der Waals surface area contributed by atoms with E-state index >= 15 is 0 Å². The molecule has 0 radical (unpaired) electrons. The minimum absolute atomic E-state index is 0.192. The minimum Gasteiger partial charge on any atom is -0.495 e. The van der Waals surface area contributed by atoms with E-state index in [0.29, 0.717) is 27.7 Å². The Hall–Kier alpha value is -3.57. The average molecular weight is 433 g/mol. The summed E-state index contributed by atoms with van der Waals surface area (Å²) in [6.45, 7) is 3.80. The zero-order chi connectivity index (χ0) is 22.1. The maximum atomic E-state index is 13.6. The molecule has 0 saturated heterocycles. The van der Waals surface area contributed by atoms with E-state index in [2.05, 4.69) is 5.32 Å². The van der Waals surface area contributed by atoms with Gasteiger partial charge in [0.15, 0.2) is 0 Å². The van der Waals surface area contributed by atoms with Crippen LogP contribution in [0.15, 0.2) is 72.4 Å². The summed E-state index contributed by atoms with van der Waals surface area (Å²) in [4.78, 5) is 28.3. The first-order valence-corrected chi connectivity index (χ1v) is 10.1. The summed E-state index contributed by atoms with van der Waals surface area (Å²) >= 11 is 6.04. The van der Waals surface area contributed by atoms with Crippen LogP contribution in [0.1, 0.15) is 16.7 Å². The van der Waals surface area contributed by atoms with E-state index in [1.165, 1.54) is 4.90 Å². The highest BCUT2D eigenvalue weighted by Gasteiger charge is 2.41. The van der Waals surface area contributed by atoms with Gasteiger partial charge in [-0.15, -0.1) is 0 Å². The van der Waals surface area contributed by atoms with Crippen molar-refractivity contribution in [3.05, 3.63) is 94.1 Å². The molecule has 0 atom stereocenters. The lowest BCUT2D eigenvalue weighted by Crippen LogP contribution is -2.33. The van der Waals surface area contributed by atoms with Crippen LogP contribution in [0, 0.1) is 13.8 Å². The topological polar surface area (TPSA) is 58.6 Å². The Labute approximate surface area is 185 Å². The van der Waals surface area contributed by atoms with E-state index in [9.17, 15) is 9.59 Å². The second-order valence-electron chi connectivity index (χ2n) is 7.32. The number of rotatable bonds is 5. The van der Waals surface area contributed by atoms with Gasteiger partial charge in [0.1, 0.15) is 11.4 Å². The first kappa shape index (κ1) is 20.7. The summed E-state index contributed by atoms with van der Waals surface area (Å²) in [5.41, 5.74) is 4.04. The van der Waals surface area contributed by atoms with Crippen LogP contribution in [0.5, 0.6) is 5.75 Å². The Morgan fingerprint density at radius 2 is 1.61 bits per heavy atom. The third-order valence-corrected chi connectivity index (χ3v) is 5.44. The van der Waals surface area contributed by atoms with Crippen molar-refractivity contribution >= 4 is 40.4 Å². The fourth-order valence-corrected chi connectivity index (χ4v) is 3.72. The van der Waals surface area contributed by atoms with E-state index in [1.54, 1.807) is 43.5 Å². The highest BCUT2D eigenvalue weighted by atomic mass is 35.5. The zero-order valence-corrected chi connectivity index (χ0v) is 18.2. The molecule has 0 bridgehead atoms. The van der Waals surface area contributed by atoms with Gasteiger partial charge in [-0.1, -0.05) is 48.0 Å². The highest BCUT2D eigenvalue weighted by molar-refractivity contribution is 6.46. The number of halogens is 1. The lowest BCUT2D eigenvalue weighted by Gasteiger charge is -2.18. The molecule has 2 amide bonds. The molecule has 0 unspecified atom stereocenters. The Bertz CT molecular complexity index is 1220. The molecule has 31 heavy (non-hydrogen) atoms. The Morgan fingerprint density at radius 1 is 0.903 bits per heavy atom. The van der Waals surface area contributed by atoms with Crippen LogP contribution in [0.4, 0.5) is 11.4 Å². The van der Waals surface area contributed by atoms with Crippen molar-refractivity contribution in [1.82, 2.24) is 0 Å². The molecule has 0 fully saturated rings. The molecule has 156 valence electrons. The number of nitrogens with one attached hydrogen (secondary N) is 1. The van der Waals surface area contributed by atoms with Gasteiger partial charge in [0.25, 0.3) is 11.8 Å². The number of carbonyl (C=O) groups is 2. The maximum absolute atomic E-state index is 13.6. The van der Waals surface area contributed by atoms with Crippen molar-refractivity contribution in [3.63, 3.8) is 0 Å². The van der Waals surface area contributed by atoms with Crippen molar-refractivity contribution in [3.8, 4) is 5.75 Å². The predicted octanol–water partition coefficient (Wildman–Crippen LogP) is 5.36. The quantitative estimate of drug-likeness (QED) is 0.551. The second-order valence-corrected chi connectivity index (χ2v) is 7.75. The largest absolute Gasteiger partial charge is 0.495 e. The van der Waals surface area contributed by atoms with Gasteiger partial charge in [-0.2, -0.15) is 0 Å². The number of nitrogens with zero attached hydrogens (tertiary/aromatic N) is 1. The number of methoxy groups -OCH3 is 1. The monoisotopic (exact) mass is 432 g/mol. The zero-order valence-electron chi connectivity index (χ0n) is 17.4. The van der Waals surface area contributed by atoms with Crippen LogP contribution in [-0.4, -0.2) is 18.9 Å². The van der Waals surface area contributed by atoms with Crippen molar-refractivity contribution in [1.29, 1.82) is 0 Å². The third-order valence-electron chi connectivity index (χ3n) is 5.19. The SMILES string of the molecule is COc1ccccc1NC1=C(c2ccc(Cl)cc2)C(=O)N(c2cc(C)ccc2C)C1=O. The molecular formula is C25H21ClN2O3.